The molecule has 2 atom stereocenters. The number of aryl methyl sites for hydroxylation is 2. The summed E-state index contributed by atoms with van der Waals surface area (Å²) in [6, 6.07) is 12.0. The van der Waals surface area contributed by atoms with Gasteiger partial charge in [0, 0.05) is 7.05 Å². The Morgan fingerprint density at radius 3 is 2.54 bits per heavy atom. The lowest BCUT2D eigenvalue weighted by molar-refractivity contribution is 0.222. The summed E-state index contributed by atoms with van der Waals surface area (Å²) in [5.74, 6) is 3.42. The molecule has 1 aromatic heterocycles. The number of hydrogen-bond donors (Lipinski definition) is 2. The monoisotopic (exact) mass is 329 g/mol. The topological polar surface area (TPSA) is 58.8 Å². The van der Waals surface area contributed by atoms with E-state index < -0.39 is 0 Å². The van der Waals surface area contributed by atoms with Crippen molar-refractivity contribution < 1.29 is 9.15 Å². The Balaban J connectivity index is 1.84. The Morgan fingerprint density at radius 2 is 1.92 bits per heavy atom. The van der Waals surface area contributed by atoms with E-state index in [0.717, 1.165) is 28.8 Å². The zero-order valence-corrected chi connectivity index (χ0v) is 15.1. The highest BCUT2D eigenvalue weighted by molar-refractivity contribution is 5.80. The van der Waals surface area contributed by atoms with Crippen molar-refractivity contribution in [2.75, 3.05) is 13.6 Å². The number of para-hydroxylation sites is 1. The minimum Gasteiger partial charge on any atom is -0.489 e. The molecule has 2 rings (SSSR count). The van der Waals surface area contributed by atoms with Gasteiger partial charge in [-0.1, -0.05) is 18.2 Å². The van der Waals surface area contributed by atoms with Gasteiger partial charge in [-0.05, 0) is 51.5 Å². The first-order valence-corrected chi connectivity index (χ1v) is 8.25. The number of rotatable bonds is 6. The van der Waals surface area contributed by atoms with Crippen molar-refractivity contribution in [1.29, 1.82) is 0 Å². The van der Waals surface area contributed by atoms with Gasteiger partial charge in [-0.2, -0.15) is 0 Å². The van der Waals surface area contributed by atoms with Crippen molar-refractivity contribution in [3.63, 3.8) is 0 Å². The largest absolute Gasteiger partial charge is 0.489 e. The molecule has 2 N–H and O–H groups in total. The van der Waals surface area contributed by atoms with Gasteiger partial charge in [0.15, 0.2) is 5.96 Å². The van der Waals surface area contributed by atoms with Gasteiger partial charge < -0.3 is 19.8 Å². The SMILES string of the molecule is CN=C(NCC(C)Oc1ccccc1C)NC(C)c1ccc(C)o1. The Bertz CT molecular complexity index is 679. The van der Waals surface area contributed by atoms with Crippen LogP contribution >= 0.6 is 0 Å². The molecule has 0 saturated carbocycles. The fraction of sp³-hybridized carbons (Fsp3) is 0.421. The van der Waals surface area contributed by atoms with Gasteiger partial charge in [-0.15, -0.1) is 0 Å². The van der Waals surface area contributed by atoms with Crippen LogP contribution in [-0.4, -0.2) is 25.7 Å². The maximum Gasteiger partial charge on any atom is 0.191 e. The molecule has 24 heavy (non-hydrogen) atoms. The second-order valence-corrected chi connectivity index (χ2v) is 5.96. The summed E-state index contributed by atoms with van der Waals surface area (Å²) in [4.78, 5) is 4.25. The fourth-order valence-corrected chi connectivity index (χ4v) is 2.34. The normalized spacial score (nSPS) is 14.1. The molecular weight excluding hydrogens is 302 g/mol. The number of guanidine groups is 1. The molecule has 0 fully saturated rings. The first-order valence-electron chi connectivity index (χ1n) is 8.25. The van der Waals surface area contributed by atoms with E-state index in [2.05, 4.69) is 15.6 Å². The summed E-state index contributed by atoms with van der Waals surface area (Å²) in [5, 5.41) is 6.61. The van der Waals surface area contributed by atoms with Gasteiger partial charge in [0.05, 0.1) is 12.6 Å². The van der Waals surface area contributed by atoms with Crippen molar-refractivity contribution in [2.45, 2.75) is 39.8 Å². The molecule has 0 bridgehead atoms. The molecule has 0 aliphatic heterocycles. The number of ether oxygens (including phenoxy) is 1. The van der Waals surface area contributed by atoms with Crippen LogP contribution in [0.15, 0.2) is 45.8 Å². The van der Waals surface area contributed by atoms with E-state index in [-0.39, 0.29) is 12.1 Å². The molecule has 130 valence electrons. The highest BCUT2D eigenvalue weighted by Crippen LogP contribution is 2.18. The first-order chi connectivity index (χ1) is 11.5. The molecule has 2 unspecified atom stereocenters. The summed E-state index contributed by atoms with van der Waals surface area (Å²) in [7, 11) is 1.75. The zero-order valence-electron chi connectivity index (χ0n) is 15.1. The van der Waals surface area contributed by atoms with Gasteiger partial charge in [-0.3, -0.25) is 4.99 Å². The standard InChI is InChI=1S/C19H27N3O2/c1-13-8-6-7-9-17(13)24-15(3)12-21-19(20-5)22-16(4)18-11-10-14(2)23-18/h6-11,15-16H,12H2,1-5H3,(H2,20,21,22). The van der Waals surface area contributed by atoms with Crippen LogP contribution in [0.4, 0.5) is 0 Å². The summed E-state index contributed by atoms with van der Waals surface area (Å²) in [6.07, 6.45) is 0.0193. The van der Waals surface area contributed by atoms with E-state index in [0.29, 0.717) is 6.54 Å². The highest BCUT2D eigenvalue weighted by Gasteiger charge is 2.12. The Labute approximate surface area is 144 Å². The van der Waals surface area contributed by atoms with Crippen molar-refractivity contribution in [1.82, 2.24) is 10.6 Å². The third-order valence-electron chi connectivity index (χ3n) is 3.74. The summed E-state index contributed by atoms with van der Waals surface area (Å²) in [6.45, 7) is 8.71. The van der Waals surface area contributed by atoms with E-state index in [1.54, 1.807) is 7.05 Å². The van der Waals surface area contributed by atoms with Gasteiger partial charge in [0.2, 0.25) is 0 Å². The Hall–Kier alpha value is -2.43. The van der Waals surface area contributed by atoms with Crippen molar-refractivity contribution in [2.24, 2.45) is 4.99 Å². The lowest BCUT2D eigenvalue weighted by Crippen LogP contribution is -2.42. The molecule has 5 heteroatoms. The van der Waals surface area contributed by atoms with E-state index in [1.807, 2.05) is 64.1 Å². The fourth-order valence-electron chi connectivity index (χ4n) is 2.34. The van der Waals surface area contributed by atoms with Crippen LogP contribution in [0.5, 0.6) is 5.75 Å². The maximum atomic E-state index is 5.97. The average Bonchev–Trinajstić information content (AvgIpc) is 3.00. The molecule has 0 radical (unpaired) electrons. The smallest absolute Gasteiger partial charge is 0.191 e. The van der Waals surface area contributed by atoms with Gasteiger partial charge in [0.25, 0.3) is 0 Å². The lowest BCUT2D eigenvalue weighted by Gasteiger charge is -2.20. The van der Waals surface area contributed by atoms with E-state index in [9.17, 15) is 0 Å². The van der Waals surface area contributed by atoms with Gasteiger partial charge >= 0.3 is 0 Å². The molecule has 5 nitrogen and oxygen atoms in total. The second kappa shape index (κ2) is 8.43. The number of nitrogens with zero attached hydrogens (tertiary/aromatic N) is 1. The highest BCUT2D eigenvalue weighted by atomic mass is 16.5. The third kappa shape index (κ3) is 5.05. The van der Waals surface area contributed by atoms with E-state index in [4.69, 9.17) is 9.15 Å². The third-order valence-corrected chi connectivity index (χ3v) is 3.74. The lowest BCUT2D eigenvalue weighted by atomic mass is 10.2. The minimum absolute atomic E-state index is 0.0193. The van der Waals surface area contributed by atoms with E-state index >= 15 is 0 Å². The molecule has 1 aromatic carbocycles. The maximum absolute atomic E-state index is 5.97. The molecule has 0 aliphatic rings. The Morgan fingerprint density at radius 1 is 1.17 bits per heavy atom. The van der Waals surface area contributed by atoms with Crippen LogP contribution in [0.2, 0.25) is 0 Å². The number of benzene rings is 1. The average molecular weight is 329 g/mol. The molecule has 0 amide bonds. The van der Waals surface area contributed by atoms with Crippen LogP contribution in [0.25, 0.3) is 0 Å². The molecule has 2 aromatic rings. The van der Waals surface area contributed by atoms with Crippen LogP contribution < -0.4 is 15.4 Å². The summed E-state index contributed by atoms with van der Waals surface area (Å²) in [5.41, 5.74) is 1.13. The number of hydrogen-bond acceptors (Lipinski definition) is 3. The van der Waals surface area contributed by atoms with Crippen LogP contribution in [0.1, 0.15) is 37.0 Å². The number of nitrogens with one attached hydrogen (secondary N) is 2. The van der Waals surface area contributed by atoms with Crippen molar-refractivity contribution >= 4 is 5.96 Å². The van der Waals surface area contributed by atoms with E-state index in [1.165, 1.54) is 0 Å². The zero-order chi connectivity index (χ0) is 17.5. The quantitative estimate of drug-likeness (QED) is 0.628. The van der Waals surface area contributed by atoms with Crippen LogP contribution in [0.3, 0.4) is 0 Å². The van der Waals surface area contributed by atoms with Gasteiger partial charge in [-0.25, -0.2) is 0 Å². The molecular formula is C19H27N3O2. The Kier molecular flexibility index (Phi) is 6.29. The van der Waals surface area contributed by atoms with Crippen molar-refractivity contribution in [3.8, 4) is 5.75 Å². The molecule has 0 spiro atoms. The first kappa shape index (κ1) is 17.9. The molecule has 0 aliphatic carbocycles. The molecule has 1 heterocycles. The van der Waals surface area contributed by atoms with Crippen molar-refractivity contribution in [3.05, 3.63) is 53.5 Å². The minimum atomic E-state index is 0.0193. The van der Waals surface area contributed by atoms with Crippen LogP contribution in [-0.2, 0) is 0 Å². The summed E-state index contributed by atoms with van der Waals surface area (Å²) >= 11 is 0. The number of aliphatic imine (C=N–C) groups is 1. The second-order valence-electron chi connectivity index (χ2n) is 5.96. The molecule has 0 saturated heterocycles. The van der Waals surface area contributed by atoms with Gasteiger partial charge in [0.1, 0.15) is 23.4 Å². The predicted molar refractivity (Wildman–Crippen MR) is 97.6 cm³/mol. The predicted octanol–water partition coefficient (Wildman–Crippen LogP) is 3.59. The number of furan rings is 1. The summed E-state index contributed by atoms with van der Waals surface area (Å²) < 4.78 is 11.6. The van der Waals surface area contributed by atoms with Crippen LogP contribution in [0, 0.1) is 13.8 Å².